The second kappa shape index (κ2) is 5.76. The van der Waals surface area contributed by atoms with E-state index in [-0.39, 0.29) is 17.4 Å². The fraction of sp³-hybridized carbons (Fsp3) is 0.273. The highest BCUT2D eigenvalue weighted by Gasteiger charge is 2.18. The van der Waals surface area contributed by atoms with Crippen molar-refractivity contribution in [2.75, 3.05) is 12.3 Å². The Balaban J connectivity index is 2.94. The Morgan fingerprint density at radius 1 is 1.67 bits per heavy atom. The van der Waals surface area contributed by atoms with E-state index in [1.807, 2.05) is 0 Å². The maximum absolute atomic E-state index is 10.8. The number of anilines is 1. The van der Waals surface area contributed by atoms with E-state index in [1.165, 1.54) is 13.1 Å². The zero-order valence-electron chi connectivity index (χ0n) is 10.1. The molecule has 0 aliphatic rings. The summed E-state index contributed by atoms with van der Waals surface area (Å²) in [6.07, 6.45) is 4.80. The third-order valence-corrected chi connectivity index (χ3v) is 2.32. The van der Waals surface area contributed by atoms with Crippen LogP contribution in [0.25, 0.3) is 6.08 Å². The molecule has 0 atom stereocenters. The lowest BCUT2D eigenvalue weighted by molar-refractivity contribution is -0.384. The van der Waals surface area contributed by atoms with E-state index in [2.05, 4.69) is 10.3 Å². The van der Waals surface area contributed by atoms with Gasteiger partial charge in [-0.2, -0.15) is 0 Å². The Morgan fingerprint density at radius 3 is 2.89 bits per heavy atom. The number of carbonyl (C=O) groups excluding carboxylic acids is 1. The molecule has 1 heterocycles. The Morgan fingerprint density at radius 2 is 2.33 bits per heavy atom. The number of pyridine rings is 1. The van der Waals surface area contributed by atoms with Crippen LogP contribution < -0.4 is 11.1 Å². The Bertz CT molecular complexity index is 511. The zero-order chi connectivity index (χ0) is 13.7. The molecule has 0 aromatic carbocycles. The standard InChI is InChI=1S/C11H14N4O3/c1-7-9(4-3-5-13-8(2)16)6-14-11(12)10(7)15(17)18/h3-4,6H,5H2,1-2H3,(H2,12,14)(H,13,16). The lowest BCUT2D eigenvalue weighted by Crippen LogP contribution is -2.19. The van der Waals surface area contributed by atoms with Gasteiger partial charge in [0.1, 0.15) is 0 Å². The van der Waals surface area contributed by atoms with Gasteiger partial charge in [0, 0.05) is 30.8 Å². The van der Waals surface area contributed by atoms with Gasteiger partial charge in [0.15, 0.2) is 0 Å². The van der Waals surface area contributed by atoms with Crippen molar-refractivity contribution in [3.8, 4) is 0 Å². The molecule has 3 N–H and O–H groups in total. The first-order valence-electron chi connectivity index (χ1n) is 5.24. The van der Waals surface area contributed by atoms with Crippen LogP contribution in [0.1, 0.15) is 18.1 Å². The molecule has 18 heavy (non-hydrogen) atoms. The minimum absolute atomic E-state index is 0.100. The Hall–Kier alpha value is -2.44. The summed E-state index contributed by atoms with van der Waals surface area (Å²) >= 11 is 0. The number of hydrogen-bond acceptors (Lipinski definition) is 5. The third-order valence-electron chi connectivity index (χ3n) is 2.32. The summed E-state index contributed by atoms with van der Waals surface area (Å²) < 4.78 is 0. The average molecular weight is 250 g/mol. The molecule has 0 bridgehead atoms. The molecule has 0 fully saturated rings. The maximum Gasteiger partial charge on any atom is 0.314 e. The van der Waals surface area contributed by atoms with Gasteiger partial charge in [-0.25, -0.2) is 4.98 Å². The van der Waals surface area contributed by atoms with E-state index in [0.717, 1.165) is 0 Å². The Labute approximate surface area is 104 Å². The molecule has 0 spiro atoms. The van der Waals surface area contributed by atoms with Crippen LogP contribution in [0.4, 0.5) is 11.5 Å². The van der Waals surface area contributed by atoms with E-state index in [4.69, 9.17) is 5.73 Å². The molecule has 1 aromatic rings. The van der Waals surface area contributed by atoms with Crippen molar-refractivity contribution in [3.05, 3.63) is 33.5 Å². The number of nitrogens with zero attached hydrogens (tertiary/aromatic N) is 2. The quantitative estimate of drug-likeness (QED) is 0.612. The molecule has 0 saturated carbocycles. The van der Waals surface area contributed by atoms with E-state index < -0.39 is 4.92 Å². The topological polar surface area (TPSA) is 111 Å². The number of hydrogen-bond donors (Lipinski definition) is 2. The van der Waals surface area contributed by atoms with Crippen LogP contribution in [0, 0.1) is 17.0 Å². The number of carbonyl (C=O) groups is 1. The van der Waals surface area contributed by atoms with E-state index in [0.29, 0.717) is 17.7 Å². The second-order valence-corrected chi connectivity index (χ2v) is 3.67. The minimum atomic E-state index is -0.553. The van der Waals surface area contributed by atoms with Gasteiger partial charge in [-0.15, -0.1) is 0 Å². The van der Waals surface area contributed by atoms with E-state index >= 15 is 0 Å². The van der Waals surface area contributed by atoms with Crippen molar-refractivity contribution in [1.82, 2.24) is 10.3 Å². The number of nitrogens with one attached hydrogen (secondary N) is 1. The predicted octanol–water partition coefficient (Wildman–Crippen LogP) is 1.03. The highest BCUT2D eigenvalue weighted by Crippen LogP contribution is 2.26. The van der Waals surface area contributed by atoms with Gasteiger partial charge in [-0.05, 0) is 6.92 Å². The van der Waals surface area contributed by atoms with Gasteiger partial charge in [-0.3, -0.25) is 14.9 Å². The molecular formula is C11H14N4O3. The number of rotatable bonds is 4. The highest BCUT2D eigenvalue weighted by atomic mass is 16.6. The van der Waals surface area contributed by atoms with Crippen LogP contribution in [-0.4, -0.2) is 22.4 Å². The summed E-state index contributed by atoms with van der Waals surface area (Å²) in [6.45, 7) is 3.37. The van der Waals surface area contributed by atoms with Crippen LogP contribution >= 0.6 is 0 Å². The van der Waals surface area contributed by atoms with Gasteiger partial charge in [0.2, 0.25) is 11.7 Å². The molecule has 0 aliphatic heterocycles. The van der Waals surface area contributed by atoms with Crippen molar-refractivity contribution in [3.63, 3.8) is 0 Å². The summed E-state index contributed by atoms with van der Waals surface area (Å²) in [5.74, 6) is -0.241. The van der Waals surface area contributed by atoms with Gasteiger partial charge in [0.05, 0.1) is 4.92 Å². The summed E-state index contributed by atoms with van der Waals surface area (Å²) in [7, 11) is 0. The van der Waals surface area contributed by atoms with Crippen molar-refractivity contribution >= 4 is 23.5 Å². The van der Waals surface area contributed by atoms with Gasteiger partial charge < -0.3 is 11.1 Å². The minimum Gasteiger partial charge on any atom is -0.378 e. The van der Waals surface area contributed by atoms with Gasteiger partial charge in [0.25, 0.3) is 0 Å². The molecule has 0 aliphatic carbocycles. The summed E-state index contributed by atoms with van der Waals surface area (Å²) in [5.41, 5.74) is 6.32. The molecule has 7 heteroatoms. The number of nitrogens with two attached hydrogens (primary N) is 1. The smallest absolute Gasteiger partial charge is 0.314 e. The monoisotopic (exact) mass is 250 g/mol. The maximum atomic E-state index is 10.8. The first kappa shape index (κ1) is 13.6. The van der Waals surface area contributed by atoms with Crippen LogP contribution in [-0.2, 0) is 4.79 Å². The largest absolute Gasteiger partial charge is 0.378 e. The SMILES string of the molecule is CC(=O)NCC=Cc1cnc(N)c([N+](=O)[O-])c1C. The molecule has 7 nitrogen and oxygen atoms in total. The first-order valence-corrected chi connectivity index (χ1v) is 5.24. The van der Waals surface area contributed by atoms with Crippen molar-refractivity contribution in [1.29, 1.82) is 0 Å². The lowest BCUT2D eigenvalue weighted by Gasteiger charge is -2.03. The predicted molar refractivity (Wildman–Crippen MR) is 67.8 cm³/mol. The van der Waals surface area contributed by atoms with Crippen LogP contribution in [0.5, 0.6) is 0 Å². The summed E-state index contributed by atoms with van der Waals surface area (Å²) in [4.78, 5) is 24.7. The van der Waals surface area contributed by atoms with Crippen LogP contribution in [0.15, 0.2) is 12.3 Å². The zero-order valence-corrected chi connectivity index (χ0v) is 10.1. The van der Waals surface area contributed by atoms with Crippen molar-refractivity contribution in [2.24, 2.45) is 0 Å². The Kier molecular flexibility index (Phi) is 4.36. The molecule has 0 radical (unpaired) electrons. The number of amides is 1. The fourth-order valence-electron chi connectivity index (χ4n) is 1.41. The molecule has 1 aromatic heterocycles. The van der Waals surface area contributed by atoms with Gasteiger partial charge >= 0.3 is 5.69 Å². The molecule has 0 saturated heterocycles. The second-order valence-electron chi connectivity index (χ2n) is 3.67. The molecule has 96 valence electrons. The molecule has 1 rings (SSSR count). The van der Waals surface area contributed by atoms with Crippen LogP contribution in [0.2, 0.25) is 0 Å². The lowest BCUT2D eigenvalue weighted by atomic mass is 10.1. The number of nitrogen functional groups attached to an aromatic ring is 1. The van der Waals surface area contributed by atoms with Crippen LogP contribution in [0.3, 0.4) is 0 Å². The fourth-order valence-corrected chi connectivity index (χ4v) is 1.41. The first-order chi connectivity index (χ1) is 8.43. The third kappa shape index (κ3) is 3.27. The van der Waals surface area contributed by atoms with Crippen molar-refractivity contribution in [2.45, 2.75) is 13.8 Å². The normalized spacial score (nSPS) is 10.6. The van der Waals surface area contributed by atoms with Crippen molar-refractivity contribution < 1.29 is 9.72 Å². The molecular weight excluding hydrogens is 236 g/mol. The number of nitro groups is 1. The van der Waals surface area contributed by atoms with Gasteiger partial charge in [-0.1, -0.05) is 12.2 Å². The van der Waals surface area contributed by atoms with E-state index in [9.17, 15) is 14.9 Å². The average Bonchev–Trinajstić information content (AvgIpc) is 2.26. The number of aromatic nitrogens is 1. The van der Waals surface area contributed by atoms with E-state index in [1.54, 1.807) is 19.1 Å². The highest BCUT2D eigenvalue weighted by molar-refractivity contribution is 5.73. The molecule has 0 unspecified atom stereocenters. The summed E-state index contributed by atoms with van der Waals surface area (Å²) in [6, 6.07) is 0. The molecule has 1 amide bonds. The summed E-state index contributed by atoms with van der Waals surface area (Å²) in [5, 5.41) is 13.4.